The van der Waals surface area contributed by atoms with Crippen molar-refractivity contribution in [3.05, 3.63) is 44.0 Å². The highest BCUT2D eigenvalue weighted by atomic mass is 127. The predicted octanol–water partition coefficient (Wildman–Crippen LogP) is 3.62. The van der Waals surface area contributed by atoms with Crippen LogP contribution in [0.3, 0.4) is 0 Å². The van der Waals surface area contributed by atoms with Crippen LogP contribution in [-0.4, -0.2) is 43.3 Å². The molecule has 0 radical (unpaired) electrons. The molecule has 1 aliphatic carbocycles. The van der Waals surface area contributed by atoms with Gasteiger partial charge in [0.25, 0.3) is 0 Å². The van der Waals surface area contributed by atoms with E-state index < -0.39 is 0 Å². The average Bonchev–Trinajstić information content (AvgIpc) is 2.72. The average molecular weight is 442 g/mol. The molecule has 23 heavy (non-hydrogen) atoms. The van der Waals surface area contributed by atoms with E-state index in [1.807, 2.05) is 6.07 Å². The number of aryl methyl sites for hydroxylation is 1. The Morgan fingerprint density at radius 3 is 2.91 bits per heavy atom. The zero-order valence-electron chi connectivity index (χ0n) is 13.0. The first-order valence-electron chi connectivity index (χ1n) is 8.36. The third-order valence-corrected chi connectivity index (χ3v) is 6.09. The van der Waals surface area contributed by atoms with Crippen LogP contribution in [-0.2, 0) is 6.42 Å². The first-order chi connectivity index (χ1) is 11.2. The van der Waals surface area contributed by atoms with Crippen molar-refractivity contribution < 1.29 is 0 Å². The van der Waals surface area contributed by atoms with E-state index in [1.165, 1.54) is 14.7 Å². The number of hydrogen-bond donors (Lipinski definition) is 1. The smallest absolute Gasteiger partial charge is 0.0759 e. The van der Waals surface area contributed by atoms with Crippen molar-refractivity contribution in [2.45, 2.75) is 24.9 Å². The molecule has 1 N–H and O–H groups in total. The summed E-state index contributed by atoms with van der Waals surface area (Å²) in [6.07, 6.45) is 6.72. The predicted molar refractivity (Wildman–Crippen MR) is 105 cm³/mol. The highest BCUT2D eigenvalue weighted by molar-refractivity contribution is 14.1. The van der Waals surface area contributed by atoms with Crippen LogP contribution in [0.1, 0.15) is 23.6 Å². The molecule has 0 amide bonds. The van der Waals surface area contributed by atoms with Gasteiger partial charge in [-0.05, 0) is 58.7 Å². The summed E-state index contributed by atoms with van der Waals surface area (Å²) >= 11 is 8.67. The monoisotopic (exact) mass is 441 g/mol. The maximum Gasteiger partial charge on any atom is 0.0759 e. The first kappa shape index (κ1) is 16.1. The van der Waals surface area contributed by atoms with Crippen LogP contribution in [0.2, 0.25) is 5.02 Å². The van der Waals surface area contributed by atoms with Gasteiger partial charge >= 0.3 is 0 Å². The second kappa shape index (κ2) is 6.82. The highest BCUT2D eigenvalue weighted by Crippen LogP contribution is 2.41. The molecule has 0 aromatic heterocycles. The van der Waals surface area contributed by atoms with Crippen LogP contribution in [0, 0.1) is 5.92 Å². The minimum Gasteiger partial charge on any atom is -0.314 e. The van der Waals surface area contributed by atoms with Crippen LogP contribution >= 0.6 is 34.2 Å². The molecule has 4 rings (SSSR count). The SMILES string of the molecule is Clc1ccc2c(c1)CCC1C=C(I)C=NC1C2N1CCNCC1. The van der Waals surface area contributed by atoms with Crippen molar-refractivity contribution in [2.75, 3.05) is 26.2 Å². The minimum atomic E-state index is 0.328. The maximum atomic E-state index is 6.27. The number of dihydropyridines is 1. The number of hydrogen-bond acceptors (Lipinski definition) is 3. The van der Waals surface area contributed by atoms with Crippen LogP contribution < -0.4 is 5.32 Å². The fourth-order valence-corrected chi connectivity index (χ4v) is 4.96. The quantitative estimate of drug-likeness (QED) is 0.674. The summed E-state index contributed by atoms with van der Waals surface area (Å²) in [7, 11) is 0. The Bertz CT molecular complexity index is 652. The molecule has 0 bridgehead atoms. The van der Waals surface area contributed by atoms with Crippen LogP contribution in [0.25, 0.3) is 0 Å². The number of aliphatic imine (C=N–C) groups is 1. The standard InChI is InChI=1S/C18H21ClIN3/c19-14-3-4-16-12(9-14)1-2-13-10-15(20)11-22-17(13)18(16)23-7-5-21-6-8-23/h3-4,9-11,13,17-18,21H,1-2,5-8H2. The second-order valence-electron chi connectivity index (χ2n) is 6.60. The number of piperazine rings is 1. The van der Waals surface area contributed by atoms with E-state index in [2.05, 4.69) is 57.2 Å². The largest absolute Gasteiger partial charge is 0.314 e. The van der Waals surface area contributed by atoms with E-state index >= 15 is 0 Å². The van der Waals surface area contributed by atoms with E-state index in [-0.39, 0.29) is 0 Å². The molecule has 3 aliphatic rings. The van der Waals surface area contributed by atoms with E-state index in [0.717, 1.165) is 44.0 Å². The Balaban J connectivity index is 1.78. The van der Waals surface area contributed by atoms with Gasteiger partial charge in [-0.3, -0.25) is 9.89 Å². The summed E-state index contributed by atoms with van der Waals surface area (Å²) in [6, 6.07) is 7.15. The van der Waals surface area contributed by atoms with Gasteiger partial charge in [-0.15, -0.1) is 0 Å². The molecule has 3 nitrogen and oxygen atoms in total. The number of allylic oxidation sites excluding steroid dienone is 1. The lowest BCUT2D eigenvalue weighted by molar-refractivity contribution is 0.139. The van der Waals surface area contributed by atoms with Gasteiger partial charge in [0.2, 0.25) is 0 Å². The molecular weight excluding hydrogens is 421 g/mol. The number of nitrogens with one attached hydrogen (secondary N) is 1. The molecule has 1 aromatic carbocycles. The summed E-state index contributed by atoms with van der Waals surface area (Å²) in [6.45, 7) is 4.31. The van der Waals surface area contributed by atoms with Crippen LogP contribution in [0.5, 0.6) is 0 Å². The van der Waals surface area contributed by atoms with E-state index in [0.29, 0.717) is 18.0 Å². The topological polar surface area (TPSA) is 27.6 Å². The molecule has 122 valence electrons. The lowest BCUT2D eigenvalue weighted by Gasteiger charge is -2.40. The van der Waals surface area contributed by atoms with Gasteiger partial charge in [0.1, 0.15) is 0 Å². The van der Waals surface area contributed by atoms with E-state index in [9.17, 15) is 0 Å². The van der Waals surface area contributed by atoms with Gasteiger partial charge in [0.15, 0.2) is 0 Å². The lowest BCUT2D eigenvalue weighted by atomic mass is 9.87. The Kier molecular flexibility index (Phi) is 4.77. The molecule has 1 aromatic rings. The number of fused-ring (bicyclic) bond motifs is 2. The zero-order valence-corrected chi connectivity index (χ0v) is 15.9. The normalized spacial score (nSPS) is 31.0. The second-order valence-corrected chi connectivity index (χ2v) is 8.28. The Hall–Kier alpha value is -0.430. The number of benzene rings is 1. The number of halogens is 2. The van der Waals surface area contributed by atoms with Gasteiger partial charge in [0.05, 0.1) is 12.1 Å². The molecular formula is C18H21ClIN3. The molecule has 0 saturated carbocycles. The van der Waals surface area contributed by atoms with Gasteiger partial charge < -0.3 is 5.32 Å². The molecule has 3 atom stereocenters. The van der Waals surface area contributed by atoms with Gasteiger partial charge in [-0.25, -0.2) is 0 Å². The summed E-state index contributed by atoms with van der Waals surface area (Å²) in [5.41, 5.74) is 2.85. The number of rotatable bonds is 1. The molecule has 2 aliphatic heterocycles. The molecule has 0 spiro atoms. The lowest BCUT2D eigenvalue weighted by Crippen LogP contribution is -2.49. The van der Waals surface area contributed by atoms with Crippen molar-refractivity contribution in [3.8, 4) is 0 Å². The highest BCUT2D eigenvalue weighted by Gasteiger charge is 2.38. The Morgan fingerprint density at radius 1 is 1.26 bits per heavy atom. The Morgan fingerprint density at radius 2 is 2.09 bits per heavy atom. The van der Waals surface area contributed by atoms with Crippen LogP contribution in [0.15, 0.2) is 32.8 Å². The van der Waals surface area contributed by atoms with Crippen LogP contribution in [0.4, 0.5) is 0 Å². The maximum absolute atomic E-state index is 6.27. The molecule has 3 unspecified atom stereocenters. The van der Waals surface area contributed by atoms with Gasteiger partial charge in [0, 0.05) is 46.9 Å². The fraction of sp³-hybridized carbons (Fsp3) is 0.500. The van der Waals surface area contributed by atoms with Crippen molar-refractivity contribution >= 4 is 40.4 Å². The Labute approximate surface area is 156 Å². The van der Waals surface area contributed by atoms with Gasteiger partial charge in [-0.1, -0.05) is 23.7 Å². The fourth-order valence-electron chi connectivity index (χ4n) is 4.14. The summed E-state index contributed by atoms with van der Waals surface area (Å²) in [4.78, 5) is 7.60. The van der Waals surface area contributed by atoms with E-state index in [1.54, 1.807) is 0 Å². The molecule has 2 heterocycles. The molecule has 1 saturated heterocycles. The zero-order chi connectivity index (χ0) is 15.8. The van der Waals surface area contributed by atoms with Crippen molar-refractivity contribution in [1.82, 2.24) is 10.2 Å². The molecule has 1 fully saturated rings. The minimum absolute atomic E-state index is 0.328. The number of nitrogens with zero attached hydrogens (tertiary/aromatic N) is 2. The summed E-state index contributed by atoms with van der Waals surface area (Å²) in [5.74, 6) is 0.526. The van der Waals surface area contributed by atoms with Crippen molar-refractivity contribution in [2.24, 2.45) is 10.9 Å². The van der Waals surface area contributed by atoms with Crippen molar-refractivity contribution in [3.63, 3.8) is 0 Å². The first-order valence-corrected chi connectivity index (χ1v) is 9.81. The third-order valence-electron chi connectivity index (χ3n) is 5.22. The van der Waals surface area contributed by atoms with E-state index in [4.69, 9.17) is 16.6 Å². The third kappa shape index (κ3) is 3.23. The summed E-state index contributed by atoms with van der Waals surface area (Å²) in [5, 5.41) is 4.32. The van der Waals surface area contributed by atoms with Crippen molar-refractivity contribution in [1.29, 1.82) is 0 Å². The molecule has 5 heteroatoms. The summed E-state index contributed by atoms with van der Waals surface area (Å²) < 4.78 is 1.27. The van der Waals surface area contributed by atoms with Gasteiger partial charge in [-0.2, -0.15) is 0 Å².